The van der Waals surface area contributed by atoms with Crippen LogP contribution in [0.15, 0.2) is 34.4 Å². The minimum atomic E-state index is 0.0191. The molecule has 0 amide bonds. The second-order valence-corrected chi connectivity index (χ2v) is 4.84. The Labute approximate surface area is 95.3 Å². The highest BCUT2D eigenvalue weighted by atomic mass is 35.5. The molecule has 1 atom stereocenters. The lowest BCUT2D eigenvalue weighted by atomic mass is 10.0. The predicted molar refractivity (Wildman–Crippen MR) is 62.8 cm³/mol. The lowest BCUT2D eigenvalue weighted by molar-refractivity contribution is 0.681. The molecule has 2 heteroatoms. The SMILES string of the molecule is ClC1C=C2C=[13C](Cl)C(=C1)CCCCC2. The Hall–Kier alpha value is -0.200. The second kappa shape index (κ2) is 4.55. The van der Waals surface area contributed by atoms with E-state index in [0.29, 0.717) is 0 Å². The minimum Gasteiger partial charge on any atom is -0.114 e. The zero-order valence-electron chi connectivity index (χ0n) is 8.10. The summed E-state index contributed by atoms with van der Waals surface area (Å²) in [4.78, 5) is 0. The van der Waals surface area contributed by atoms with Crippen molar-refractivity contribution in [1.82, 2.24) is 0 Å². The maximum Gasteiger partial charge on any atom is 0.0708 e. The Kier molecular flexibility index (Phi) is 3.35. The van der Waals surface area contributed by atoms with E-state index in [1.165, 1.54) is 30.4 Å². The van der Waals surface area contributed by atoms with Gasteiger partial charge in [-0.05, 0) is 42.9 Å². The van der Waals surface area contributed by atoms with E-state index in [4.69, 9.17) is 23.2 Å². The van der Waals surface area contributed by atoms with Gasteiger partial charge in [0, 0.05) is 5.03 Å². The summed E-state index contributed by atoms with van der Waals surface area (Å²) in [7, 11) is 0. The lowest BCUT2D eigenvalue weighted by Crippen LogP contribution is -1.93. The van der Waals surface area contributed by atoms with E-state index in [-0.39, 0.29) is 5.38 Å². The number of halogens is 2. The molecule has 0 fully saturated rings. The van der Waals surface area contributed by atoms with Crippen LogP contribution in [0.4, 0.5) is 0 Å². The fourth-order valence-electron chi connectivity index (χ4n) is 2.01. The van der Waals surface area contributed by atoms with Crippen molar-refractivity contribution in [3.8, 4) is 0 Å². The Bertz CT molecular complexity index is 310. The summed E-state index contributed by atoms with van der Waals surface area (Å²) in [6.07, 6.45) is 12.2. The molecular formula is C12H14Cl2. The number of alkyl halides is 1. The van der Waals surface area contributed by atoms with Crippen molar-refractivity contribution in [3.63, 3.8) is 0 Å². The van der Waals surface area contributed by atoms with Crippen LogP contribution in [0, 0.1) is 0 Å². The van der Waals surface area contributed by atoms with Crippen LogP contribution >= 0.6 is 23.2 Å². The standard InChI is InChI=1S/C12H14Cl2/c13-11-6-9-4-2-1-3-5-10(8-11)12(14)7-9/h6-8,11H,1-5H2/i12+1. The molecular weight excluding hydrogens is 216 g/mol. The van der Waals surface area contributed by atoms with E-state index in [2.05, 4.69) is 18.2 Å². The van der Waals surface area contributed by atoms with Crippen LogP contribution in [0.2, 0.25) is 0 Å². The van der Waals surface area contributed by atoms with Crippen LogP contribution in [0.3, 0.4) is 0 Å². The van der Waals surface area contributed by atoms with Crippen LogP contribution in [0.25, 0.3) is 0 Å². The Morgan fingerprint density at radius 1 is 1.07 bits per heavy atom. The van der Waals surface area contributed by atoms with E-state index in [1.807, 2.05) is 0 Å². The molecule has 1 unspecified atom stereocenters. The first-order valence-corrected chi connectivity index (χ1v) is 6.00. The van der Waals surface area contributed by atoms with Crippen molar-refractivity contribution in [2.24, 2.45) is 0 Å². The van der Waals surface area contributed by atoms with E-state index >= 15 is 0 Å². The monoisotopic (exact) mass is 229 g/mol. The summed E-state index contributed by atoms with van der Waals surface area (Å²) in [5.74, 6) is 0. The van der Waals surface area contributed by atoms with Gasteiger partial charge in [-0.2, -0.15) is 0 Å². The first kappa shape index (κ1) is 10.3. The summed E-state index contributed by atoms with van der Waals surface area (Å²) in [5, 5.41) is 0.909. The Morgan fingerprint density at radius 2 is 1.86 bits per heavy atom. The predicted octanol–water partition coefficient (Wildman–Crippen LogP) is 4.55. The maximum absolute atomic E-state index is 6.23. The van der Waals surface area contributed by atoms with Crippen molar-refractivity contribution < 1.29 is 0 Å². The number of fused-ring (bicyclic) bond motifs is 2. The quantitative estimate of drug-likeness (QED) is 0.423. The first-order valence-electron chi connectivity index (χ1n) is 5.19. The van der Waals surface area contributed by atoms with Crippen LogP contribution in [0.1, 0.15) is 32.1 Å². The molecule has 0 aromatic carbocycles. The summed E-state index contributed by atoms with van der Waals surface area (Å²) in [6.45, 7) is 0. The third kappa shape index (κ3) is 2.43. The highest BCUT2D eigenvalue weighted by Gasteiger charge is 2.13. The molecule has 0 aromatic rings. The fraction of sp³-hybridized carbons (Fsp3) is 0.500. The van der Waals surface area contributed by atoms with Crippen molar-refractivity contribution >= 4 is 23.2 Å². The van der Waals surface area contributed by atoms with Crippen LogP contribution in [-0.2, 0) is 0 Å². The topological polar surface area (TPSA) is 0 Å². The molecule has 2 aliphatic rings. The molecule has 0 saturated carbocycles. The molecule has 0 aliphatic heterocycles. The summed E-state index contributed by atoms with van der Waals surface area (Å²) in [5.41, 5.74) is 2.52. The van der Waals surface area contributed by atoms with Gasteiger partial charge in [-0.15, -0.1) is 11.6 Å². The van der Waals surface area contributed by atoms with Gasteiger partial charge in [0.05, 0.1) is 5.38 Å². The average molecular weight is 230 g/mol. The van der Waals surface area contributed by atoms with Crippen molar-refractivity contribution in [3.05, 3.63) is 34.4 Å². The lowest BCUT2D eigenvalue weighted by Gasteiger charge is -2.06. The zero-order chi connectivity index (χ0) is 9.97. The number of rotatable bonds is 0. The van der Waals surface area contributed by atoms with E-state index in [1.54, 1.807) is 0 Å². The maximum atomic E-state index is 6.23. The molecule has 0 radical (unpaired) electrons. The fourth-order valence-corrected chi connectivity index (χ4v) is 2.62. The van der Waals surface area contributed by atoms with Gasteiger partial charge in [0.1, 0.15) is 0 Å². The molecule has 0 spiro atoms. The van der Waals surface area contributed by atoms with E-state index < -0.39 is 0 Å². The molecule has 2 aliphatic carbocycles. The van der Waals surface area contributed by atoms with Gasteiger partial charge in [0.15, 0.2) is 0 Å². The van der Waals surface area contributed by atoms with Crippen LogP contribution in [0.5, 0.6) is 0 Å². The normalized spacial score (nSPS) is 27.9. The Morgan fingerprint density at radius 3 is 2.71 bits per heavy atom. The summed E-state index contributed by atoms with van der Waals surface area (Å²) < 4.78 is 0. The molecule has 14 heavy (non-hydrogen) atoms. The second-order valence-electron chi connectivity index (χ2n) is 3.93. The van der Waals surface area contributed by atoms with E-state index in [0.717, 1.165) is 17.9 Å². The molecule has 2 rings (SSSR count). The van der Waals surface area contributed by atoms with Gasteiger partial charge >= 0.3 is 0 Å². The van der Waals surface area contributed by atoms with Crippen molar-refractivity contribution in [2.75, 3.05) is 0 Å². The minimum absolute atomic E-state index is 0.0191. The van der Waals surface area contributed by atoms with Gasteiger partial charge in [0.25, 0.3) is 0 Å². The van der Waals surface area contributed by atoms with Gasteiger partial charge in [-0.1, -0.05) is 30.2 Å². The number of allylic oxidation sites excluding steroid dienone is 6. The van der Waals surface area contributed by atoms with Gasteiger partial charge in [-0.3, -0.25) is 0 Å². The molecule has 76 valence electrons. The molecule has 0 saturated heterocycles. The Balaban J connectivity index is 2.35. The molecule has 0 N–H and O–H groups in total. The van der Waals surface area contributed by atoms with Crippen LogP contribution in [-0.4, -0.2) is 5.38 Å². The number of hydrogen-bond acceptors (Lipinski definition) is 0. The largest absolute Gasteiger partial charge is 0.114 e. The summed E-state index contributed by atoms with van der Waals surface area (Å²) >= 11 is 12.4. The highest BCUT2D eigenvalue weighted by Crippen LogP contribution is 2.31. The molecule has 0 nitrogen and oxygen atoms in total. The third-order valence-electron chi connectivity index (χ3n) is 2.76. The van der Waals surface area contributed by atoms with E-state index in [9.17, 15) is 0 Å². The smallest absolute Gasteiger partial charge is 0.0708 e. The van der Waals surface area contributed by atoms with Crippen LogP contribution < -0.4 is 0 Å². The highest BCUT2D eigenvalue weighted by molar-refractivity contribution is 6.32. The molecule has 2 bridgehead atoms. The van der Waals surface area contributed by atoms with Gasteiger partial charge in [-0.25, -0.2) is 0 Å². The summed E-state index contributed by atoms with van der Waals surface area (Å²) in [6, 6.07) is 0. The van der Waals surface area contributed by atoms with Gasteiger partial charge in [0.2, 0.25) is 0 Å². The first-order chi connectivity index (χ1) is 6.75. The average Bonchev–Trinajstić information content (AvgIpc) is 2.20. The van der Waals surface area contributed by atoms with Gasteiger partial charge < -0.3 is 0 Å². The third-order valence-corrected chi connectivity index (χ3v) is 3.37. The molecule has 0 aromatic heterocycles. The number of hydrogen-bond donors (Lipinski definition) is 0. The van der Waals surface area contributed by atoms with Crippen molar-refractivity contribution in [2.45, 2.75) is 37.5 Å². The molecule has 0 heterocycles. The zero-order valence-corrected chi connectivity index (χ0v) is 9.61. The van der Waals surface area contributed by atoms with Crippen molar-refractivity contribution in [1.29, 1.82) is 0 Å².